The van der Waals surface area contributed by atoms with Crippen LogP contribution in [0, 0.1) is 5.82 Å². The first-order chi connectivity index (χ1) is 9.00. The van der Waals surface area contributed by atoms with Gasteiger partial charge in [-0.15, -0.1) is 10.2 Å². The van der Waals surface area contributed by atoms with Gasteiger partial charge < -0.3 is 0 Å². The molecule has 0 aliphatic rings. The Labute approximate surface area is 108 Å². The summed E-state index contributed by atoms with van der Waals surface area (Å²) < 4.78 is 16.4. The van der Waals surface area contributed by atoms with Crippen molar-refractivity contribution in [3.8, 4) is 0 Å². The second kappa shape index (κ2) is 3.88. The third-order valence-electron chi connectivity index (χ3n) is 3.25. The molecule has 0 saturated carbocycles. The van der Waals surface area contributed by atoms with E-state index in [-0.39, 0.29) is 17.5 Å². The molecule has 2 heterocycles. The smallest absolute Gasteiger partial charge is 0.287 e. The van der Waals surface area contributed by atoms with Gasteiger partial charge in [0.1, 0.15) is 11.3 Å². The Morgan fingerprint density at radius 3 is 2.68 bits per heavy atom. The number of halogens is 1. The van der Waals surface area contributed by atoms with Crippen LogP contribution in [-0.2, 0) is 7.05 Å². The zero-order valence-electron chi connectivity index (χ0n) is 10.9. The van der Waals surface area contributed by atoms with Crippen LogP contribution in [0.1, 0.15) is 19.9 Å². The highest BCUT2D eigenvalue weighted by atomic mass is 19.1. The van der Waals surface area contributed by atoms with Gasteiger partial charge in [-0.1, -0.05) is 0 Å². The molecular formula is C13H13FN4O. The van der Waals surface area contributed by atoms with Crippen molar-refractivity contribution >= 4 is 22.1 Å². The van der Waals surface area contributed by atoms with Gasteiger partial charge in [-0.25, -0.2) is 9.18 Å². The first-order valence-electron chi connectivity index (χ1n) is 6.03. The Kier molecular flexibility index (Phi) is 2.41. The summed E-state index contributed by atoms with van der Waals surface area (Å²) in [6.07, 6.45) is 0. The maximum atomic E-state index is 13.2. The van der Waals surface area contributed by atoms with Crippen LogP contribution >= 0.6 is 0 Å². The van der Waals surface area contributed by atoms with Gasteiger partial charge in [0.15, 0.2) is 5.65 Å². The molecule has 6 heteroatoms. The summed E-state index contributed by atoms with van der Waals surface area (Å²) in [5.74, 6) is -0.365. The number of aryl methyl sites for hydroxylation is 1. The predicted molar refractivity (Wildman–Crippen MR) is 70.6 cm³/mol. The predicted octanol–water partition coefficient (Wildman–Crippen LogP) is 2.00. The average molecular weight is 260 g/mol. The lowest BCUT2D eigenvalue weighted by molar-refractivity contribution is 0.583. The van der Waals surface area contributed by atoms with E-state index < -0.39 is 0 Å². The van der Waals surface area contributed by atoms with Gasteiger partial charge in [0.05, 0.1) is 5.52 Å². The molecule has 3 aromatic rings. The van der Waals surface area contributed by atoms with Crippen LogP contribution in [0.15, 0.2) is 23.0 Å². The highest BCUT2D eigenvalue weighted by Crippen LogP contribution is 2.23. The highest BCUT2D eigenvalue weighted by Gasteiger charge is 2.17. The summed E-state index contributed by atoms with van der Waals surface area (Å²) in [7, 11) is 1.66. The van der Waals surface area contributed by atoms with Crippen molar-refractivity contribution < 1.29 is 4.39 Å². The van der Waals surface area contributed by atoms with Gasteiger partial charge in [0, 0.05) is 24.5 Å². The Morgan fingerprint density at radius 2 is 2.00 bits per heavy atom. The molecule has 3 rings (SSSR count). The van der Waals surface area contributed by atoms with E-state index in [2.05, 4.69) is 10.2 Å². The van der Waals surface area contributed by atoms with Gasteiger partial charge in [-0.2, -0.15) is 0 Å². The maximum Gasteiger partial charge on any atom is 0.330 e. The normalized spacial score (nSPS) is 11.8. The minimum Gasteiger partial charge on any atom is -0.287 e. The number of rotatable bonds is 1. The number of benzene rings is 1. The van der Waals surface area contributed by atoms with E-state index >= 15 is 0 Å². The number of fused-ring (bicyclic) bond motifs is 3. The van der Waals surface area contributed by atoms with Crippen LogP contribution in [0.5, 0.6) is 0 Å². The second-order valence-corrected chi connectivity index (χ2v) is 4.84. The molecule has 0 fully saturated rings. The molecule has 0 amide bonds. The third-order valence-corrected chi connectivity index (χ3v) is 3.25. The molecule has 0 spiro atoms. The lowest BCUT2D eigenvalue weighted by Gasteiger charge is -2.08. The van der Waals surface area contributed by atoms with Gasteiger partial charge in [-0.3, -0.25) is 9.13 Å². The third kappa shape index (κ3) is 1.56. The molecule has 98 valence electrons. The van der Waals surface area contributed by atoms with Gasteiger partial charge >= 0.3 is 5.69 Å². The Morgan fingerprint density at radius 1 is 1.26 bits per heavy atom. The first-order valence-corrected chi connectivity index (χ1v) is 6.03. The summed E-state index contributed by atoms with van der Waals surface area (Å²) in [6, 6.07) is 4.32. The summed E-state index contributed by atoms with van der Waals surface area (Å²) in [5, 5.41) is 8.76. The Hall–Kier alpha value is -2.24. The van der Waals surface area contributed by atoms with Crippen molar-refractivity contribution in [1.29, 1.82) is 0 Å². The van der Waals surface area contributed by atoms with Crippen molar-refractivity contribution in [3.05, 3.63) is 34.5 Å². The molecule has 0 radical (unpaired) electrons. The molecule has 0 bridgehead atoms. The first kappa shape index (κ1) is 11.8. The fourth-order valence-electron chi connectivity index (χ4n) is 2.35. The van der Waals surface area contributed by atoms with Crippen molar-refractivity contribution in [2.24, 2.45) is 7.05 Å². The van der Waals surface area contributed by atoms with Crippen LogP contribution in [-0.4, -0.2) is 19.3 Å². The van der Waals surface area contributed by atoms with Crippen molar-refractivity contribution in [2.45, 2.75) is 19.9 Å². The summed E-state index contributed by atoms with van der Waals surface area (Å²) in [6.45, 7) is 3.85. The molecule has 19 heavy (non-hydrogen) atoms. The lowest BCUT2D eigenvalue weighted by atomic mass is 10.2. The fourth-order valence-corrected chi connectivity index (χ4v) is 2.35. The van der Waals surface area contributed by atoms with E-state index in [1.165, 1.54) is 16.7 Å². The van der Waals surface area contributed by atoms with Crippen molar-refractivity contribution in [1.82, 2.24) is 19.3 Å². The largest absolute Gasteiger partial charge is 0.330 e. The molecular weight excluding hydrogens is 247 g/mol. The van der Waals surface area contributed by atoms with Crippen LogP contribution in [0.25, 0.3) is 22.1 Å². The van der Waals surface area contributed by atoms with E-state index in [0.717, 1.165) is 5.39 Å². The highest BCUT2D eigenvalue weighted by molar-refractivity contribution is 6.00. The second-order valence-electron chi connectivity index (χ2n) is 4.84. The number of hydrogen-bond acceptors (Lipinski definition) is 3. The lowest BCUT2D eigenvalue weighted by Crippen LogP contribution is -2.23. The van der Waals surface area contributed by atoms with Gasteiger partial charge in [0.2, 0.25) is 0 Å². The van der Waals surface area contributed by atoms with E-state index in [1.54, 1.807) is 17.7 Å². The molecule has 0 aliphatic heterocycles. The zero-order valence-corrected chi connectivity index (χ0v) is 10.9. The fraction of sp³-hybridized carbons (Fsp3) is 0.308. The van der Waals surface area contributed by atoms with Gasteiger partial charge in [-0.05, 0) is 26.0 Å². The van der Waals surface area contributed by atoms with Crippen LogP contribution in [0.4, 0.5) is 4.39 Å². The minimum absolute atomic E-state index is 0.00588. The number of hydrogen-bond donors (Lipinski definition) is 0. The molecule has 5 nitrogen and oxygen atoms in total. The molecule has 0 saturated heterocycles. The monoisotopic (exact) mass is 260 g/mol. The van der Waals surface area contributed by atoms with E-state index in [1.807, 2.05) is 13.8 Å². The number of nitrogens with zero attached hydrogens (tertiary/aromatic N) is 4. The van der Waals surface area contributed by atoms with Crippen LogP contribution < -0.4 is 5.69 Å². The topological polar surface area (TPSA) is 52.7 Å². The van der Waals surface area contributed by atoms with E-state index in [0.29, 0.717) is 16.7 Å². The zero-order chi connectivity index (χ0) is 13.7. The minimum atomic E-state index is -0.365. The molecule has 0 atom stereocenters. The van der Waals surface area contributed by atoms with Crippen LogP contribution in [0.2, 0.25) is 0 Å². The Bertz CT molecular complexity index is 847. The van der Waals surface area contributed by atoms with Crippen molar-refractivity contribution in [2.75, 3.05) is 0 Å². The molecule has 0 aliphatic carbocycles. The standard InChI is InChI=1S/C13H13FN4O/c1-7(2)18-11-9-5-4-8(14)6-10(9)15-16-12(11)17(3)13(18)19/h4-7H,1-3H3. The summed E-state index contributed by atoms with van der Waals surface area (Å²) >= 11 is 0. The van der Waals surface area contributed by atoms with E-state index in [4.69, 9.17) is 0 Å². The molecule has 1 aromatic carbocycles. The van der Waals surface area contributed by atoms with Crippen LogP contribution in [0.3, 0.4) is 0 Å². The summed E-state index contributed by atoms with van der Waals surface area (Å²) in [5.41, 5.74) is 1.52. The number of aromatic nitrogens is 4. The van der Waals surface area contributed by atoms with Crippen molar-refractivity contribution in [3.63, 3.8) is 0 Å². The summed E-state index contributed by atoms with van der Waals surface area (Å²) in [4.78, 5) is 12.2. The average Bonchev–Trinajstić information content (AvgIpc) is 2.62. The molecule has 2 aromatic heterocycles. The maximum absolute atomic E-state index is 13.2. The molecule has 0 N–H and O–H groups in total. The Balaban J connectivity index is 2.61. The molecule has 0 unspecified atom stereocenters. The van der Waals surface area contributed by atoms with E-state index in [9.17, 15) is 9.18 Å². The quantitative estimate of drug-likeness (QED) is 0.672. The number of imidazole rings is 1. The SMILES string of the molecule is CC(C)n1c(=O)n(C)c2nnc3cc(F)ccc3c21. The van der Waals surface area contributed by atoms with Gasteiger partial charge in [0.25, 0.3) is 0 Å².